The highest BCUT2D eigenvalue weighted by molar-refractivity contribution is 6.26. The molecule has 0 saturated carbocycles. The van der Waals surface area contributed by atoms with Crippen LogP contribution in [0.2, 0.25) is 0 Å². The van der Waals surface area contributed by atoms with Crippen LogP contribution in [0, 0.1) is 0 Å². The molecular formula is C137H87N9. The Bertz CT molecular complexity index is 9810. The molecule has 0 aliphatic rings. The van der Waals surface area contributed by atoms with E-state index < -0.39 is 0 Å². The van der Waals surface area contributed by atoms with Crippen molar-refractivity contribution >= 4 is 118 Å². The average Bonchev–Trinajstić information content (AvgIpc) is 0.751. The van der Waals surface area contributed by atoms with Crippen molar-refractivity contribution in [3.05, 3.63) is 528 Å². The van der Waals surface area contributed by atoms with E-state index in [1.165, 1.54) is 136 Å². The zero-order valence-electron chi connectivity index (χ0n) is 79.3. The molecule has 25 aromatic carbocycles. The van der Waals surface area contributed by atoms with Gasteiger partial charge in [-0.25, -0.2) is 44.9 Å². The molecule has 0 spiro atoms. The summed E-state index contributed by atoms with van der Waals surface area (Å²) >= 11 is 0. The molecule has 0 unspecified atom stereocenters. The number of aromatic nitrogens is 9. The summed E-state index contributed by atoms with van der Waals surface area (Å²) in [6, 6.07) is 186. The van der Waals surface area contributed by atoms with Crippen LogP contribution in [0.1, 0.15) is 0 Å². The van der Waals surface area contributed by atoms with E-state index in [0.29, 0.717) is 52.4 Å². The standard InChI is InChI=1S/C49H31N3.C45H29N3.C43H27N3/c1-3-12-32(13-4-1)35-22-23-37-29-41(25-24-36(37)28-35)49-51-47(34-15-5-2-6-16-34)50-48(52-49)40-19-11-18-38(30-40)45-31-39-17-8-9-20-42(39)44-27-26-33-14-7-10-21-43(33)46(44)45;1-4-14-30(15-5-1)37-26-25-35(45-47-43(32-17-6-2-7-18-32)46-44(48-45)33-19-8-3-9-20-33)29-40(37)41-28-34-21-11-12-22-36(34)39-27-24-31-16-10-13-23-38(31)42(39)41;1-3-14-29(15-4-1)41-44-42(30-16-5-2-6-17-30)46-43(45-41)32-25-31-18-8-10-20-34(31)38(26-32)40-27-39-33-19-9-7-13-28(33)23-24-37(39)35-21-11-12-22-36(35)40/h1-31H;1-29H;1-27H. The minimum Gasteiger partial charge on any atom is -0.208 e. The number of fused-ring (bicyclic) bond motifs is 17. The maximum absolute atomic E-state index is 5.15. The van der Waals surface area contributed by atoms with Gasteiger partial charge in [0.15, 0.2) is 52.4 Å². The topological polar surface area (TPSA) is 116 Å². The molecule has 0 N–H and O–H groups in total. The fourth-order valence-electron chi connectivity index (χ4n) is 21.0. The Morgan fingerprint density at radius 1 is 0.0890 bits per heavy atom. The molecule has 28 rings (SSSR count). The first kappa shape index (κ1) is 86.7. The fourth-order valence-corrected chi connectivity index (χ4v) is 21.0. The van der Waals surface area contributed by atoms with Gasteiger partial charge >= 0.3 is 0 Å². The number of hydrogen-bond donors (Lipinski definition) is 0. The Morgan fingerprint density at radius 2 is 0.363 bits per heavy atom. The first-order chi connectivity index (χ1) is 72.3. The van der Waals surface area contributed by atoms with Gasteiger partial charge in [0.25, 0.3) is 0 Å². The predicted octanol–water partition coefficient (Wildman–Crippen LogP) is 35.6. The molecule has 9 nitrogen and oxygen atoms in total. The molecule has 0 saturated heterocycles. The Hall–Kier alpha value is -19.6. The minimum absolute atomic E-state index is 0.638. The maximum atomic E-state index is 5.15. The zero-order valence-corrected chi connectivity index (χ0v) is 79.3. The molecule has 28 aromatic rings. The van der Waals surface area contributed by atoms with Crippen LogP contribution in [0.15, 0.2) is 528 Å². The van der Waals surface area contributed by atoms with Crippen LogP contribution in [0.5, 0.6) is 0 Å². The first-order valence-corrected chi connectivity index (χ1v) is 49.3. The van der Waals surface area contributed by atoms with E-state index in [-0.39, 0.29) is 0 Å². The molecule has 146 heavy (non-hydrogen) atoms. The molecular weight excluding hydrogens is 1770 g/mol. The van der Waals surface area contributed by atoms with Gasteiger partial charge in [0, 0.05) is 50.1 Å². The van der Waals surface area contributed by atoms with E-state index >= 15 is 0 Å². The van der Waals surface area contributed by atoms with E-state index in [2.05, 4.69) is 382 Å². The Kier molecular flexibility index (Phi) is 22.5. The van der Waals surface area contributed by atoms with E-state index in [4.69, 9.17) is 44.9 Å². The van der Waals surface area contributed by atoms with E-state index in [0.717, 1.165) is 88.7 Å². The lowest BCUT2D eigenvalue weighted by atomic mass is 9.86. The summed E-state index contributed by atoms with van der Waals surface area (Å²) in [5.41, 5.74) is 20.2. The summed E-state index contributed by atoms with van der Waals surface area (Å²) in [7, 11) is 0. The molecule has 0 amide bonds. The summed E-state index contributed by atoms with van der Waals surface area (Å²) in [5, 5.41) is 26.9. The fraction of sp³-hybridized carbons (Fsp3) is 0. The SMILES string of the molecule is c1ccc(-c2ccc3cc(-c4nc(-c5ccccc5)nc(-c5cccc(-c6cc7ccccc7c7ccc8ccccc8c67)c5)n4)ccc3c2)cc1.c1ccc(-c2nc(-c3ccccc3)nc(-c3cc(-c4cc5c6ccccc6ccc5c5ccccc45)c4ccccc4c3)n2)cc1.c1ccc(-c2nc(-c3ccccc3)nc(-c3ccc(-c4ccccc4)c(-c4cc5ccccc5c5ccc6ccccc6c45)c3)n2)cc1. The lowest BCUT2D eigenvalue weighted by Crippen LogP contribution is -2.00. The minimum atomic E-state index is 0.638. The highest BCUT2D eigenvalue weighted by atomic mass is 15.1. The van der Waals surface area contributed by atoms with Gasteiger partial charge in [-0.3, -0.25) is 0 Å². The lowest BCUT2D eigenvalue weighted by molar-refractivity contribution is 1.07. The summed E-state index contributed by atoms with van der Waals surface area (Å²) in [6.07, 6.45) is 0. The van der Waals surface area contributed by atoms with Crippen LogP contribution in [-0.2, 0) is 0 Å². The molecule has 3 aromatic heterocycles. The van der Waals surface area contributed by atoms with Crippen molar-refractivity contribution in [2.75, 3.05) is 0 Å². The highest BCUT2D eigenvalue weighted by Gasteiger charge is 2.25. The van der Waals surface area contributed by atoms with Gasteiger partial charge in [-0.2, -0.15) is 0 Å². The van der Waals surface area contributed by atoms with E-state index in [9.17, 15) is 0 Å². The van der Waals surface area contributed by atoms with Gasteiger partial charge in [-0.15, -0.1) is 0 Å². The third-order valence-electron chi connectivity index (χ3n) is 28.0. The zero-order chi connectivity index (χ0) is 96.7. The third-order valence-corrected chi connectivity index (χ3v) is 28.0. The number of rotatable bonds is 14. The van der Waals surface area contributed by atoms with Crippen LogP contribution in [0.3, 0.4) is 0 Å². The predicted molar refractivity (Wildman–Crippen MR) is 608 cm³/mol. The van der Waals surface area contributed by atoms with Gasteiger partial charge < -0.3 is 0 Å². The maximum Gasteiger partial charge on any atom is 0.164 e. The van der Waals surface area contributed by atoms with Crippen molar-refractivity contribution in [3.63, 3.8) is 0 Å². The average molecular weight is 1860 g/mol. The van der Waals surface area contributed by atoms with Crippen LogP contribution in [0.25, 0.3) is 277 Å². The second-order valence-corrected chi connectivity index (χ2v) is 36.9. The Balaban J connectivity index is 0.000000111. The van der Waals surface area contributed by atoms with Crippen LogP contribution in [0.4, 0.5) is 0 Å². The second-order valence-electron chi connectivity index (χ2n) is 36.9. The van der Waals surface area contributed by atoms with Crippen molar-refractivity contribution in [1.82, 2.24) is 44.9 Å². The first-order valence-electron chi connectivity index (χ1n) is 49.3. The van der Waals surface area contributed by atoms with Crippen molar-refractivity contribution in [2.24, 2.45) is 0 Å². The molecule has 0 aliphatic carbocycles. The van der Waals surface area contributed by atoms with Crippen molar-refractivity contribution in [3.8, 4) is 158 Å². The monoisotopic (exact) mass is 1860 g/mol. The normalized spacial score (nSPS) is 11.4. The van der Waals surface area contributed by atoms with Crippen molar-refractivity contribution < 1.29 is 0 Å². The number of nitrogens with zero attached hydrogens (tertiary/aromatic N) is 9. The van der Waals surface area contributed by atoms with Crippen molar-refractivity contribution in [2.45, 2.75) is 0 Å². The van der Waals surface area contributed by atoms with Gasteiger partial charge in [-0.1, -0.05) is 473 Å². The molecule has 0 bridgehead atoms. The van der Waals surface area contributed by atoms with Gasteiger partial charge in [-0.05, 0) is 229 Å². The molecule has 3 heterocycles. The summed E-state index contributed by atoms with van der Waals surface area (Å²) in [6.45, 7) is 0. The Morgan fingerprint density at radius 3 is 0.836 bits per heavy atom. The molecule has 0 radical (unpaired) electrons. The molecule has 9 heteroatoms. The molecule has 0 fully saturated rings. The smallest absolute Gasteiger partial charge is 0.164 e. The summed E-state index contributed by atoms with van der Waals surface area (Å²) in [4.78, 5) is 45.4. The lowest BCUT2D eigenvalue weighted by Gasteiger charge is -2.18. The van der Waals surface area contributed by atoms with Gasteiger partial charge in [0.1, 0.15) is 0 Å². The van der Waals surface area contributed by atoms with E-state index in [1.54, 1.807) is 0 Å². The number of hydrogen-bond acceptors (Lipinski definition) is 9. The summed E-state index contributed by atoms with van der Waals surface area (Å²) in [5.74, 6) is 5.82. The van der Waals surface area contributed by atoms with Gasteiger partial charge in [0.05, 0.1) is 0 Å². The Labute approximate surface area is 843 Å². The highest BCUT2D eigenvalue weighted by Crippen LogP contribution is 2.48. The quantitative estimate of drug-likeness (QED) is 0.0981. The van der Waals surface area contributed by atoms with Crippen LogP contribution < -0.4 is 0 Å². The molecule has 0 atom stereocenters. The van der Waals surface area contributed by atoms with Crippen molar-refractivity contribution in [1.29, 1.82) is 0 Å². The molecule has 680 valence electrons. The third kappa shape index (κ3) is 16.6. The number of benzene rings is 25. The van der Waals surface area contributed by atoms with Crippen LogP contribution >= 0.6 is 0 Å². The van der Waals surface area contributed by atoms with E-state index in [1.807, 2.05) is 146 Å². The van der Waals surface area contributed by atoms with Crippen LogP contribution in [-0.4, -0.2) is 44.9 Å². The largest absolute Gasteiger partial charge is 0.208 e. The second kappa shape index (κ2) is 37.9. The van der Waals surface area contributed by atoms with Gasteiger partial charge in [0.2, 0.25) is 0 Å². The summed E-state index contributed by atoms with van der Waals surface area (Å²) < 4.78 is 0. The molecule has 0 aliphatic heterocycles.